The average Bonchev–Trinajstić information content (AvgIpc) is 2.96. The molecule has 0 aromatic carbocycles. The lowest BCUT2D eigenvalue weighted by Gasteiger charge is -2.37. The van der Waals surface area contributed by atoms with Crippen molar-refractivity contribution < 1.29 is 4.79 Å². The van der Waals surface area contributed by atoms with Crippen molar-refractivity contribution in [3.63, 3.8) is 0 Å². The number of alkyl halides is 1. The highest BCUT2D eigenvalue weighted by Crippen LogP contribution is 2.38. The van der Waals surface area contributed by atoms with Gasteiger partial charge in [-0.25, -0.2) is 0 Å². The number of rotatable bonds is 4. The van der Waals surface area contributed by atoms with Gasteiger partial charge in [-0.15, -0.1) is 11.3 Å². The molecule has 2 saturated heterocycles. The van der Waals surface area contributed by atoms with Crippen LogP contribution >= 0.6 is 27.3 Å². The van der Waals surface area contributed by atoms with Crippen LogP contribution in [0.1, 0.15) is 43.4 Å². The summed E-state index contributed by atoms with van der Waals surface area (Å²) >= 11 is 5.52. The molecule has 0 N–H and O–H groups in total. The maximum atomic E-state index is 12.4. The molecule has 4 heteroatoms. The van der Waals surface area contributed by atoms with Gasteiger partial charge in [-0.05, 0) is 50.0 Å². The lowest BCUT2D eigenvalue weighted by atomic mass is 10.0. The van der Waals surface area contributed by atoms with Crippen molar-refractivity contribution in [2.75, 3.05) is 0 Å². The quantitative estimate of drug-likeness (QED) is 0.758. The fraction of sp³-hybridized carbons (Fsp3) is 0.667. The summed E-state index contributed by atoms with van der Waals surface area (Å²) in [5, 5.41) is 2.11. The number of nitrogens with zero attached hydrogens (tertiary/aromatic N) is 1. The van der Waals surface area contributed by atoms with E-state index in [2.05, 4.69) is 38.3 Å². The molecule has 2 atom stereocenters. The van der Waals surface area contributed by atoms with E-state index in [0.29, 0.717) is 22.8 Å². The van der Waals surface area contributed by atoms with Gasteiger partial charge in [0.2, 0.25) is 5.91 Å². The minimum Gasteiger partial charge on any atom is -0.337 e. The number of amides is 1. The number of carbonyl (C=O) groups excluding carboxylic acids is 1. The van der Waals surface area contributed by atoms with Crippen LogP contribution in [0.4, 0.5) is 0 Å². The smallest absolute Gasteiger partial charge is 0.223 e. The van der Waals surface area contributed by atoms with Crippen LogP contribution in [-0.2, 0) is 11.2 Å². The molecular weight excluding hydrogens is 322 g/mol. The molecule has 104 valence electrons. The zero-order valence-electron chi connectivity index (χ0n) is 11.1. The number of aryl methyl sites for hydroxylation is 1. The molecule has 2 aliphatic heterocycles. The number of fused-ring (bicyclic) bond motifs is 2. The monoisotopic (exact) mass is 341 g/mol. The molecule has 19 heavy (non-hydrogen) atoms. The molecule has 0 spiro atoms. The first kappa shape index (κ1) is 13.6. The lowest BCUT2D eigenvalue weighted by molar-refractivity contribution is -0.135. The topological polar surface area (TPSA) is 20.3 Å². The molecule has 1 aromatic rings. The Morgan fingerprint density at radius 2 is 2.11 bits per heavy atom. The maximum absolute atomic E-state index is 12.4. The van der Waals surface area contributed by atoms with Gasteiger partial charge in [-0.3, -0.25) is 4.79 Å². The Bertz CT molecular complexity index is 419. The lowest BCUT2D eigenvalue weighted by Crippen LogP contribution is -2.46. The van der Waals surface area contributed by atoms with Gasteiger partial charge in [0.25, 0.3) is 0 Å². The highest BCUT2D eigenvalue weighted by atomic mass is 79.9. The van der Waals surface area contributed by atoms with Gasteiger partial charge < -0.3 is 4.90 Å². The van der Waals surface area contributed by atoms with E-state index in [4.69, 9.17) is 0 Å². The summed E-state index contributed by atoms with van der Waals surface area (Å²) in [7, 11) is 0. The van der Waals surface area contributed by atoms with E-state index >= 15 is 0 Å². The van der Waals surface area contributed by atoms with Gasteiger partial charge in [-0.1, -0.05) is 22.0 Å². The van der Waals surface area contributed by atoms with Crippen molar-refractivity contribution in [2.45, 2.75) is 61.9 Å². The summed E-state index contributed by atoms with van der Waals surface area (Å²) in [6, 6.07) is 5.27. The summed E-state index contributed by atoms with van der Waals surface area (Å²) in [6.45, 7) is 0. The summed E-state index contributed by atoms with van der Waals surface area (Å²) < 4.78 is 0. The highest BCUT2D eigenvalue weighted by molar-refractivity contribution is 9.09. The Hall–Kier alpha value is -0.350. The summed E-state index contributed by atoms with van der Waals surface area (Å²) in [4.78, 5) is 16.6. The number of thiophene rings is 1. The largest absolute Gasteiger partial charge is 0.337 e. The van der Waals surface area contributed by atoms with E-state index in [-0.39, 0.29) is 0 Å². The second kappa shape index (κ2) is 5.96. The molecule has 2 nitrogen and oxygen atoms in total. The third-order valence-electron chi connectivity index (χ3n) is 4.36. The second-order valence-electron chi connectivity index (χ2n) is 5.69. The SMILES string of the molecule is O=C(CCCc1cccs1)N1C2CCC1CC(Br)C2. The average molecular weight is 342 g/mol. The van der Waals surface area contributed by atoms with Gasteiger partial charge in [0, 0.05) is 28.2 Å². The molecule has 2 bridgehead atoms. The summed E-state index contributed by atoms with van der Waals surface area (Å²) in [6.07, 6.45) is 7.48. The van der Waals surface area contributed by atoms with Crippen LogP contribution in [0.25, 0.3) is 0 Å². The maximum Gasteiger partial charge on any atom is 0.223 e. The van der Waals surface area contributed by atoms with Gasteiger partial charge in [-0.2, -0.15) is 0 Å². The molecule has 2 aliphatic rings. The van der Waals surface area contributed by atoms with Crippen LogP contribution in [0.5, 0.6) is 0 Å². The fourth-order valence-corrected chi connectivity index (χ4v) is 5.13. The van der Waals surface area contributed by atoms with Crippen molar-refractivity contribution in [3.8, 4) is 0 Å². The number of hydrogen-bond acceptors (Lipinski definition) is 2. The van der Waals surface area contributed by atoms with E-state index in [1.807, 2.05) is 0 Å². The Labute approximate surface area is 127 Å². The van der Waals surface area contributed by atoms with Crippen molar-refractivity contribution >= 4 is 33.2 Å². The first-order valence-corrected chi connectivity index (χ1v) is 9.01. The molecule has 2 unspecified atom stereocenters. The first-order valence-electron chi connectivity index (χ1n) is 7.21. The molecule has 3 rings (SSSR count). The minimum atomic E-state index is 0.392. The summed E-state index contributed by atoms with van der Waals surface area (Å²) in [5.74, 6) is 0.392. The van der Waals surface area contributed by atoms with Gasteiger partial charge in [0.1, 0.15) is 0 Å². The Balaban J connectivity index is 1.51. The molecule has 3 heterocycles. The zero-order valence-corrected chi connectivity index (χ0v) is 13.5. The fourth-order valence-electron chi connectivity index (χ4n) is 3.52. The van der Waals surface area contributed by atoms with Crippen molar-refractivity contribution in [3.05, 3.63) is 22.4 Å². The van der Waals surface area contributed by atoms with Crippen LogP contribution in [0, 0.1) is 0 Å². The van der Waals surface area contributed by atoms with E-state index in [0.717, 1.165) is 32.1 Å². The number of hydrogen-bond donors (Lipinski definition) is 0. The summed E-state index contributed by atoms with van der Waals surface area (Å²) in [5.41, 5.74) is 0. The van der Waals surface area contributed by atoms with Crippen LogP contribution in [0.2, 0.25) is 0 Å². The molecule has 1 aromatic heterocycles. The molecular formula is C15H20BrNOS. The number of piperidine rings is 1. The molecule has 0 aliphatic carbocycles. The van der Waals surface area contributed by atoms with Crippen LogP contribution < -0.4 is 0 Å². The van der Waals surface area contributed by atoms with E-state index in [1.54, 1.807) is 11.3 Å². The molecule has 2 fully saturated rings. The zero-order chi connectivity index (χ0) is 13.2. The second-order valence-corrected chi connectivity index (χ2v) is 8.01. The Kier molecular flexibility index (Phi) is 4.27. The van der Waals surface area contributed by atoms with Gasteiger partial charge >= 0.3 is 0 Å². The van der Waals surface area contributed by atoms with Gasteiger partial charge in [0.05, 0.1) is 0 Å². The number of carbonyl (C=O) groups is 1. The Morgan fingerprint density at radius 3 is 2.74 bits per heavy atom. The third kappa shape index (κ3) is 3.05. The van der Waals surface area contributed by atoms with Crippen molar-refractivity contribution in [1.29, 1.82) is 0 Å². The molecule has 0 radical (unpaired) electrons. The van der Waals surface area contributed by atoms with Gasteiger partial charge in [0.15, 0.2) is 0 Å². The van der Waals surface area contributed by atoms with E-state index in [1.165, 1.54) is 17.7 Å². The molecule has 0 saturated carbocycles. The first-order chi connectivity index (χ1) is 9.24. The normalized spacial score (nSPS) is 29.7. The predicted octanol–water partition coefficient (Wildman–Crippen LogP) is 3.99. The predicted molar refractivity (Wildman–Crippen MR) is 82.9 cm³/mol. The number of halogens is 1. The van der Waals surface area contributed by atoms with Crippen molar-refractivity contribution in [1.82, 2.24) is 4.90 Å². The molecule has 1 amide bonds. The standard InChI is InChI=1S/C15H20BrNOS/c16-11-9-12-6-7-13(10-11)17(12)15(18)5-1-3-14-4-2-8-19-14/h2,4,8,11-13H,1,3,5-7,9-10H2. The van der Waals surface area contributed by atoms with E-state index in [9.17, 15) is 4.79 Å². The van der Waals surface area contributed by atoms with Crippen LogP contribution in [0.15, 0.2) is 17.5 Å². The third-order valence-corrected chi connectivity index (χ3v) is 6.04. The minimum absolute atomic E-state index is 0.392. The Morgan fingerprint density at radius 1 is 1.37 bits per heavy atom. The van der Waals surface area contributed by atoms with Crippen LogP contribution in [-0.4, -0.2) is 27.7 Å². The highest BCUT2D eigenvalue weighted by Gasteiger charge is 2.41. The van der Waals surface area contributed by atoms with E-state index < -0.39 is 0 Å². The van der Waals surface area contributed by atoms with Crippen LogP contribution in [0.3, 0.4) is 0 Å². The van der Waals surface area contributed by atoms with Crippen molar-refractivity contribution in [2.24, 2.45) is 0 Å².